The summed E-state index contributed by atoms with van der Waals surface area (Å²) in [5, 5.41) is 10.8. The summed E-state index contributed by atoms with van der Waals surface area (Å²) < 4.78 is 5.28. The van der Waals surface area contributed by atoms with Gasteiger partial charge in [0.25, 0.3) is 0 Å². The van der Waals surface area contributed by atoms with Crippen LogP contribution >= 0.6 is 23.6 Å². The first kappa shape index (κ1) is 13.3. The highest BCUT2D eigenvalue weighted by Gasteiger charge is 2.27. The summed E-state index contributed by atoms with van der Waals surface area (Å²) in [5.41, 5.74) is 5.77. The van der Waals surface area contributed by atoms with Crippen LogP contribution in [0.5, 0.6) is 0 Å². The first-order chi connectivity index (χ1) is 8.59. The van der Waals surface area contributed by atoms with Gasteiger partial charge >= 0.3 is 5.00 Å². The van der Waals surface area contributed by atoms with E-state index in [-0.39, 0.29) is 11.0 Å². The molecule has 0 aliphatic carbocycles. The van der Waals surface area contributed by atoms with Gasteiger partial charge in [0, 0.05) is 24.0 Å². The minimum atomic E-state index is -0.399. The van der Waals surface area contributed by atoms with Crippen molar-refractivity contribution in [3.63, 3.8) is 0 Å². The molecule has 1 aromatic rings. The zero-order valence-electron chi connectivity index (χ0n) is 9.57. The van der Waals surface area contributed by atoms with E-state index in [0.717, 1.165) is 29.3 Å². The molecule has 8 heteroatoms. The molecule has 0 spiro atoms. The molecule has 0 amide bonds. The van der Waals surface area contributed by atoms with E-state index in [1.54, 1.807) is 6.07 Å². The second kappa shape index (κ2) is 5.70. The maximum absolute atomic E-state index is 10.7. The van der Waals surface area contributed by atoms with Crippen molar-refractivity contribution in [2.45, 2.75) is 6.04 Å². The summed E-state index contributed by atoms with van der Waals surface area (Å²) in [6, 6.07) is 2.98. The molecule has 0 aromatic carbocycles. The molecule has 0 saturated carbocycles. The van der Waals surface area contributed by atoms with E-state index < -0.39 is 4.92 Å². The summed E-state index contributed by atoms with van der Waals surface area (Å²) in [4.78, 5) is 13.6. The van der Waals surface area contributed by atoms with Gasteiger partial charge in [0.05, 0.1) is 29.2 Å². The molecule has 1 fully saturated rings. The molecule has 1 saturated heterocycles. The van der Waals surface area contributed by atoms with Gasteiger partial charge < -0.3 is 10.5 Å². The maximum atomic E-state index is 10.7. The number of ether oxygens (including phenoxy) is 1. The van der Waals surface area contributed by atoms with Crippen molar-refractivity contribution >= 4 is 33.5 Å². The van der Waals surface area contributed by atoms with Gasteiger partial charge in [-0.2, -0.15) is 0 Å². The molecule has 2 rings (SSSR count). The molecule has 0 radical (unpaired) electrons. The van der Waals surface area contributed by atoms with Gasteiger partial charge in [-0.25, -0.2) is 0 Å². The monoisotopic (exact) mass is 287 g/mol. The molecule has 18 heavy (non-hydrogen) atoms. The SMILES string of the molecule is NC(=S)C(c1ccc([N+](=O)[O-])s1)N1CCOCC1. The zero-order valence-corrected chi connectivity index (χ0v) is 11.2. The Morgan fingerprint density at radius 3 is 2.72 bits per heavy atom. The first-order valence-corrected chi connectivity index (χ1v) is 6.67. The van der Waals surface area contributed by atoms with E-state index in [0.29, 0.717) is 18.2 Å². The van der Waals surface area contributed by atoms with Crippen LogP contribution in [-0.4, -0.2) is 41.1 Å². The standard InChI is InChI=1S/C10H13N3O3S2/c11-10(17)9(12-3-5-16-6-4-12)7-1-2-8(18-7)13(14)15/h1-2,9H,3-6H2,(H2,11,17). The van der Waals surface area contributed by atoms with E-state index in [9.17, 15) is 10.1 Å². The second-order valence-electron chi connectivity index (χ2n) is 3.89. The van der Waals surface area contributed by atoms with Crippen LogP contribution in [0.1, 0.15) is 10.9 Å². The van der Waals surface area contributed by atoms with Crippen molar-refractivity contribution < 1.29 is 9.66 Å². The van der Waals surface area contributed by atoms with Crippen LogP contribution in [0.3, 0.4) is 0 Å². The lowest BCUT2D eigenvalue weighted by atomic mass is 10.2. The predicted molar refractivity (Wildman–Crippen MR) is 72.9 cm³/mol. The fourth-order valence-corrected chi connectivity index (χ4v) is 3.25. The van der Waals surface area contributed by atoms with E-state index in [2.05, 4.69) is 4.90 Å². The van der Waals surface area contributed by atoms with Crippen molar-refractivity contribution in [1.82, 2.24) is 4.90 Å². The van der Waals surface area contributed by atoms with Crippen molar-refractivity contribution in [2.75, 3.05) is 26.3 Å². The molecular formula is C10H13N3O3S2. The summed E-state index contributed by atoms with van der Waals surface area (Å²) in [5.74, 6) is 0. The van der Waals surface area contributed by atoms with E-state index >= 15 is 0 Å². The highest BCUT2D eigenvalue weighted by molar-refractivity contribution is 7.80. The van der Waals surface area contributed by atoms with Gasteiger partial charge in [-0.15, -0.1) is 0 Å². The molecule has 1 unspecified atom stereocenters. The number of hydrogen-bond acceptors (Lipinski definition) is 6. The Balaban J connectivity index is 2.22. The number of rotatable bonds is 4. The minimum Gasteiger partial charge on any atom is -0.392 e. The Kier molecular flexibility index (Phi) is 4.23. The molecular weight excluding hydrogens is 274 g/mol. The number of hydrogen-bond donors (Lipinski definition) is 1. The van der Waals surface area contributed by atoms with Gasteiger partial charge in [0.1, 0.15) is 0 Å². The van der Waals surface area contributed by atoms with Gasteiger partial charge in [0.2, 0.25) is 0 Å². The highest BCUT2D eigenvalue weighted by atomic mass is 32.1. The average molecular weight is 287 g/mol. The summed E-state index contributed by atoms with van der Waals surface area (Å²) >= 11 is 6.21. The summed E-state index contributed by atoms with van der Waals surface area (Å²) in [6.07, 6.45) is 0. The number of thiocarbonyl (C=S) groups is 1. The molecule has 1 aliphatic rings. The lowest BCUT2D eigenvalue weighted by molar-refractivity contribution is -0.380. The molecule has 2 N–H and O–H groups in total. The molecule has 1 aliphatic heterocycles. The normalized spacial score (nSPS) is 18.4. The molecule has 1 aromatic heterocycles. The zero-order chi connectivity index (χ0) is 13.1. The number of nitrogens with zero attached hydrogens (tertiary/aromatic N) is 2. The highest BCUT2D eigenvalue weighted by Crippen LogP contribution is 2.32. The third kappa shape index (κ3) is 2.83. The Morgan fingerprint density at radius 2 is 2.22 bits per heavy atom. The Labute approximate surface area is 113 Å². The van der Waals surface area contributed by atoms with Crippen LogP contribution < -0.4 is 5.73 Å². The fraction of sp³-hybridized carbons (Fsp3) is 0.500. The van der Waals surface area contributed by atoms with Crippen LogP contribution in [0.2, 0.25) is 0 Å². The van der Waals surface area contributed by atoms with E-state index in [4.69, 9.17) is 22.7 Å². The van der Waals surface area contributed by atoms with Crippen LogP contribution in [0.15, 0.2) is 12.1 Å². The van der Waals surface area contributed by atoms with Crippen molar-refractivity contribution in [3.8, 4) is 0 Å². The molecule has 2 heterocycles. The maximum Gasteiger partial charge on any atom is 0.324 e. The topological polar surface area (TPSA) is 81.6 Å². The number of morpholine rings is 1. The van der Waals surface area contributed by atoms with Gasteiger partial charge in [-0.1, -0.05) is 23.6 Å². The number of nitrogens with two attached hydrogens (primary N) is 1. The minimum absolute atomic E-state index is 0.111. The van der Waals surface area contributed by atoms with Gasteiger partial charge in [0.15, 0.2) is 0 Å². The predicted octanol–water partition coefficient (Wildman–Crippen LogP) is 1.32. The van der Waals surface area contributed by atoms with Gasteiger partial charge in [-0.3, -0.25) is 15.0 Å². The number of thiophene rings is 1. The van der Waals surface area contributed by atoms with Crippen molar-refractivity contribution in [1.29, 1.82) is 0 Å². The van der Waals surface area contributed by atoms with E-state index in [1.165, 1.54) is 6.07 Å². The van der Waals surface area contributed by atoms with E-state index in [1.807, 2.05) is 0 Å². The second-order valence-corrected chi connectivity index (χ2v) is 5.45. The Bertz CT molecular complexity index is 457. The molecule has 0 bridgehead atoms. The number of nitro groups is 1. The molecule has 98 valence electrons. The quantitative estimate of drug-likeness (QED) is 0.511. The van der Waals surface area contributed by atoms with Crippen LogP contribution in [0.4, 0.5) is 5.00 Å². The molecule has 6 nitrogen and oxygen atoms in total. The third-order valence-corrected chi connectivity index (χ3v) is 4.05. The smallest absolute Gasteiger partial charge is 0.324 e. The summed E-state index contributed by atoms with van der Waals surface area (Å²) in [6.45, 7) is 2.72. The van der Waals surface area contributed by atoms with Crippen molar-refractivity contribution in [3.05, 3.63) is 27.1 Å². The lowest BCUT2D eigenvalue weighted by Gasteiger charge is -2.33. The summed E-state index contributed by atoms with van der Waals surface area (Å²) in [7, 11) is 0. The largest absolute Gasteiger partial charge is 0.392 e. The van der Waals surface area contributed by atoms with Crippen LogP contribution in [0, 0.1) is 10.1 Å². The average Bonchev–Trinajstić information content (AvgIpc) is 2.79. The Morgan fingerprint density at radius 1 is 1.56 bits per heavy atom. The molecule has 1 atom stereocenters. The van der Waals surface area contributed by atoms with Crippen molar-refractivity contribution in [2.24, 2.45) is 5.73 Å². The van der Waals surface area contributed by atoms with Crippen LogP contribution in [-0.2, 0) is 4.74 Å². The van der Waals surface area contributed by atoms with Crippen LogP contribution in [0.25, 0.3) is 0 Å². The third-order valence-electron chi connectivity index (χ3n) is 2.74. The Hall–Kier alpha value is -1.09. The lowest BCUT2D eigenvalue weighted by Crippen LogP contribution is -2.43. The fourth-order valence-electron chi connectivity index (χ4n) is 1.92. The first-order valence-electron chi connectivity index (χ1n) is 5.45. The van der Waals surface area contributed by atoms with Gasteiger partial charge in [-0.05, 0) is 6.07 Å².